The summed E-state index contributed by atoms with van der Waals surface area (Å²) in [5.74, 6) is -1.45. The van der Waals surface area contributed by atoms with Crippen LogP contribution in [-0.2, 0) is 4.79 Å². The molecule has 1 aliphatic carbocycles. The first kappa shape index (κ1) is 21.2. The molecule has 0 bridgehead atoms. The van der Waals surface area contributed by atoms with E-state index in [1.54, 1.807) is 42.8 Å². The zero-order chi connectivity index (χ0) is 23.5. The van der Waals surface area contributed by atoms with E-state index in [0.717, 1.165) is 0 Å². The average Bonchev–Trinajstić information content (AvgIpc) is 3.15. The molecule has 1 aromatic carbocycles. The van der Waals surface area contributed by atoms with Crippen molar-refractivity contribution in [3.8, 4) is 17.2 Å². The van der Waals surface area contributed by atoms with Crippen LogP contribution in [0.25, 0.3) is 27.5 Å². The predicted octanol–water partition coefficient (Wildman–Crippen LogP) is 4.68. The number of amides is 1. The van der Waals surface area contributed by atoms with Crippen molar-refractivity contribution >= 4 is 45.4 Å². The lowest BCUT2D eigenvalue weighted by Crippen LogP contribution is -2.29. The fourth-order valence-corrected chi connectivity index (χ4v) is 4.02. The number of aromatic nitrogens is 4. The minimum Gasteiger partial charge on any atom is -0.364 e. The lowest BCUT2D eigenvalue weighted by molar-refractivity contribution is -0.117. The van der Waals surface area contributed by atoms with Crippen molar-refractivity contribution in [3.05, 3.63) is 41.4 Å². The lowest BCUT2D eigenvalue weighted by Gasteiger charge is -2.21. The van der Waals surface area contributed by atoms with Crippen LogP contribution in [0.1, 0.15) is 20.3 Å². The van der Waals surface area contributed by atoms with Crippen molar-refractivity contribution in [1.82, 2.24) is 19.8 Å². The zero-order valence-electron chi connectivity index (χ0n) is 17.6. The summed E-state index contributed by atoms with van der Waals surface area (Å²) in [6.45, 7) is 3.24. The normalized spacial score (nSPS) is 17.8. The highest BCUT2D eigenvalue weighted by molar-refractivity contribution is 6.36. The Bertz CT molecular complexity index is 1470. The van der Waals surface area contributed by atoms with Gasteiger partial charge >= 0.3 is 0 Å². The summed E-state index contributed by atoms with van der Waals surface area (Å²) in [6, 6.07) is 7.17. The number of H-pyrrole nitrogens is 1. The van der Waals surface area contributed by atoms with Crippen LogP contribution in [0.3, 0.4) is 0 Å². The van der Waals surface area contributed by atoms with Crippen molar-refractivity contribution in [3.63, 3.8) is 0 Å². The Kier molecular flexibility index (Phi) is 4.76. The number of hydrogen-bond acceptors (Lipinski definition) is 5. The fraction of sp³-hybridized carbons (Fsp3) is 0.273. The largest absolute Gasteiger partial charge is 0.364 e. The Morgan fingerprint density at radius 2 is 2.18 bits per heavy atom. The van der Waals surface area contributed by atoms with Crippen LogP contribution in [0.4, 0.5) is 20.3 Å². The number of hydrogen-bond donors (Lipinski definition) is 3. The highest BCUT2D eigenvalue weighted by Crippen LogP contribution is 2.42. The third-order valence-electron chi connectivity index (χ3n) is 5.56. The molecule has 5 rings (SSSR count). The molecular weight excluding hydrogens is 452 g/mol. The number of fused-ring (bicyclic) bond motifs is 2. The molecule has 0 aliphatic heterocycles. The molecule has 11 heteroatoms. The molecule has 0 saturated heterocycles. The third kappa shape index (κ3) is 3.64. The molecule has 3 heterocycles. The van der Waals surface area contributed by atoms with E-state index in [4.69, 9.17) is 11.6 Å². The summed E-state index contributed by atoms with van der Waals surface area (Å²) in [7, 11) is 0. The van der Waals surface area contributed by atoms with Gasteiger partial charge in [-0.1, -0.05) is 11.6 Å². The van der Waals surface area contributed by atoms with Crippen molar-refractivity contribution in [1.29, 1.82) is 5.26 Å². The monoisotopic (exact) mass is 469 g/mol. The Morgan fingerprint density at radius 3 is 2.88 bits per heavy atom. The van der Waals surface area contributed by atoms with E-state index in [9.17, 15) is 14.4 Å². The second-order valence-corrected chi connectivity index (χ2v) is 8.94. The molecule has 1 aliphatic rings. The number of rotatable bonds is 5. The van der Waals surface area contributed by atoms with Crippen molar-refractivity contribution < 1.29 is 13.6 Å². The fourth-order valence-electron chi connectivity index (χ4n) is 3.72. The number of alkyl halides is 1. The molecule has 3 aromatic heterocycles. The van der Waals surface area contributed by atoms with E-state index < -0.39 is 29.4 Å². The summed E-state index contributed by atoms with van der Waals surface area (Å²) in [5.41, 5.74) is 1.05. The van der Waals surface area contributed by atoms with Crippen LogP contribution in [0.2, 0.25) is 5.02 Å². The van der Waals surface area contributed by atoms with Gasteiger partial charge in [0, 0.05) is 23.2 Å². The van der Waals surface area contributed by atoms with Crippen molar-refractivity contribution in [2.45, 2.75) is 32.0 Å². The topological polar surface area (TPSA) is 111 Å². The Balaban J connectivity index is 1.57. The first-order valence-corrected chi connectivity index (χ1v) is 10.5. The van der Waals surface area contributed by atoms with Gasteiger partial charge in [-0.15, -0.1) is 0 Å². The molecule has 168 valence electrons. The molecule has 2 atom stereocenters. The first-order chi connectivity index (χ1) is 15.7. The summed E-state index contributed by atoms with van der Waals surface area (Å²) in [5, 5.41) is 26.4. The van der Waals surface area contributed by atoms with Gasteiger partial charge in [-0.2, -0.15) is 15.5 Å². The van der Waals surface area contributed by atoms with Gasteiger partial charge in [0.1, 0.15) is 11.7 Å². The van der Waals surface area contributed by atoms with Gasteiger partial charge in [0.2, 0.25) is 5.91 Å². The Hall–Kier alpha value is -3.71. The average molecular weight is 470 g/mol. The van der Waals surface area contributed by atoms with Gasteiger partial charge in [-0.05, 0) is 38.0 Å². The van der Waals surface area contributed by atoms with Gasteiger partial charge in [0.25, 0.3) is 0 Å². The van der Waals surface area contributed by atoms with Crippen LogP contribution >= 0.6 is 11.6 Å². The van der Waals surface area contributed by atoms with Gasteiger partial charge in [-0.25, -0.2) is 13.3 Å². The second-order valence-electron chi connectivity index (χ2n) is 8.56. The molecule has 0 radical (unpaired) electrons. The molecule has 3 N–H and O–H groups in total. The number of halogens is 3. The number of nitriles is 1. The number of pyridine rings is 1. The summed E-state index contributed by atoms with van der Waals surface area (Å²) >= 11 is 6.47. The van der Waals surface area contributed by atoms with E-state index in [1.165, 1.54) is 6.20 Å². The summed E-state index contributed by atoms with van der Waals surface area (Å²) in [4.78, 5) is 12.0. The van der Waals surface area contributed by atoms with Crippen molar-refractivity contribution in [2.24, 2.45) is 5.92 Å². The molecule has 1 saturated carbocycles. The molecule has 33 heavy (non-hydrogen) atoms. The van der Waals surface area contributed by atoms with E-state index >= 15 is 4.39 Å². The number of benzene rings is 1. The number of aromatic amines is 1. The number of nitrogens with zero attached hydrogens (tertiary/aromatic N) is 4. The maximum atomic E-state index is 15.3. The van der Waals surface area contributed by atoms with Gasteiger partial charge < -0.3 is 10.6 Å². The summed E-state index contributed by atoms with van der Waals surface area (Å²) in [6.07, 6.45) is 2.32. The smallest absolute Gasteiger partial charge is 0.231 e. The highest BCUT2D eigenvalue weighted by atomic mass is 35.5. The molecular formula is C22H18ClF2N7O. The van der Waals surface area contributed by atoms with Crippen molar-refractivity contribution in [2.75, 3.05) is 10.6 Å². The standard InChI is InChI=1S/C22H18ClF2N7O/c1-22(2,9-26)29-20-18(25)17(23)16(13-8-27-30-19(13)20)10-3-4-32-11(5-10)6-15(31-32)28-21(33)12-7-14(12)24/h3-6,8,12,14,29H,7H2,1-2H3,(H,27,30)(H,28,31,33)/t12-,14+/m1/s1. The number of carbonyl (C=O) groups is 1. The molecule has 0 spiro atoms. The van der Waals surface area contributed by atoms with Gasteiger partial charge in [0.05, 0.1) is 39.9 Å². The predicted molar refractivity (Wildman–Crippen MR) is 120 cm³/mol. The van der Waals surface area contributed by atoms with Gasteiger partial charge in [-0.3, -0.25) is 9.89 Å². The first-order valence-electron chi connectivity index (χ1n) is 10.2. The number of carbonyl (C=O) groups excluding carboxylic acids is 1. The minimum atomic E-state index is -1.10. The summed E-state index contributed by atoms with van der Waals surface area (Å²) < 4.78 is 30.0. The van der Waals surface area contributed by atoms with Crippen LogP contribution in [-0.4, -0.2) is 37.4 Å². The Labute approximate surface area is 191 Å². The molecule has 4 aromatic rings. The van der Waals surface area contributed by atoms with Crippen LogP contribution in [0, 0.1) is 23.1 Å². The quantitative estimate of drug-likeness (QED) is 0.393. The van der Waals surface area contributed by atoms with E-state index in [0.29, 0.717) is 33.4 Å². The van der Waals surface area contributed by atoms with Crippen LogP contribution in [0.15, 0.2) is 30.6 Å². The third-order valence-corrected chi connectivity index (χ3v) is 5.91. The van der Waals surface area contributed by atoms with Crippen LogP contribution in [0.5, 0.6) is 0 Å². The SMILES string of the molecule is CC(C)(C#N)Nc1c(F)c(Cl)c(-c2ccn3nc(NC(=O)[C@@H]4C[C@@H]4F)cc3c2)c2cn[nH]c12. The maximum absolute atomic E-state index is 15.3. The van der Waals surface area contributed by atoms with Crippen LogP contribution < -0.4 is 10.6 Å². The highest BCUT2D eigenvalue weighted by Gasteiger charge is 2.43. The maximum Gasteiger partial charge on any atom is 0.231 e. The lowest BCUT2D eigenvalue weighted by atomic mass is 9.99. The second kappa shape index (κ2) is 7.42. The number of nitrogens with one attached hydrogen (secondary N) is 3. The molecule has 8 nitrogen and oxygen atoms in total. The van der Waals surface area contributed by atoms with Gasteiger partial charge in [0.15, 0.2) is 11.6 Å². The van der Waals surface area contributed by atoms with E-state index in [2.05, 4.69) is 32.0 Å². The van der Waals surface area contributed by atoms with E-state index in [1.807, 2.05) is 0 Å². The number of anilines is 2. The zero-order valence-corrected chi connectivity index (χ0v) is 18.3. The Morgan fingerprint density at radius 1 is 1.42 bits per heavy atom. The molecule has 1 amide bonds. The molecule has 0 unspecified atom stereocenters. The van der Waals surface area contributed by atoms with E-state index in [-0.39, 0.29) is 17.1 Å². The minimum absolute atomic E-state index is 0.0597. The molecule has 1 fully saturated rings.